The highest BCUT2D eigenvalue weighted by atomic mass is 32.2. The summed E-state index contributed by atoms with van der Waals surface area (Å²) >= 11 is 0. The summed E-state index contributed by atoms with van der Waals surface area (Å²) in [7, 11) is 3.81. The Morgan fingerprint density at radius 2 is 1.90 bits per heavy atom. The fourth-order valence-electron chi connectivity index (χ4n) is 2.47. The van der Waals surface area contributed by atoms with Gasteiger partial charge in [0.2, 0.25) is 10.0 Å². The van der Waals surface area contributed by atoms with Crippen LogP contribution in [0.1, 0.15) is 19.3 Å². The number of nitrogens with zero attached hydrogens (tertiary/aromatic N) is 3. The van der Waals surface area contributed by atoms with Gasteiger partial charge in [0.15, 0.2) is 0 Å². The van der Waals surface area contributed by atoms with Crippen LogP contribution < -0.4 is 5.32 Å². The van der Waals surface area contributed by atoms with Crippen molar-refractivity contribution in [2.75, 3.05) is 40.1 Å². The van der Waals surface area contributed by atoms with E-state index in [2.05, 4.69) is 29.3 Å². The molecule has 1 heterocycles. The van der Waals surface area contributed by atoms with E-state index in [-0.39, 0.29) is 10.4 Å². The number of sulfonamides is 1. The van der Waals surface area contributed by atoms with Crippen molar-refractivity contribution in [1.82, 2.24) is 14.2 Å². The number of hydrogen-bond acceptors (Lipinski definition) is 5. The van der Waals surface area contributed by atoms with Crippen LogP contribution in [0.2, 0.25) is 0 Å². The Labute approximate surface area is 127 Å². The Hall–Kier alpha value is -1.18. The second kappa shape index (κ2) is 5.90. The highest BCUT2D eigenvalue weighted by Crippen LogP contribution is 2.36. The monoisotopic (exact) mass is 312 g/mol. The van der Waals surface area contributed by atoms with Crippen molar-refractivity contribution in [1.29, 1.82) is 0 Å². The predicted octanol–water partition coefficient (Wildman–Crippen LogP) is 1.23. The van der Waals surface area contributed by atoms with Gasteiger partial charge in [-0.15, -0.1) is 0 Å². The molecule has 118 valence electrons. The Balaban J connectivity index is 2.04. The number of pyridine rings is 1. The average Bonchev–Trinajstić information content (AvgIpc) is 2.37. The summed E-state index contributed by atoms with van der Waals surface area (Å²) < 4.78 is 25.1. The molecule has 1 aliphatic carbocycles. The lowest BCUT2D eigenvalue weighted by Crippen LogP contribution is -2.54. The molecule has 1 N–H and O–H groups in total. The maximum Gasteiger partial charge on any atom is 0.244 e. The van der Waals surface area contributed by atoms with E-state index in [0.29, 0.717) is 5.82 Å². The molecule has 0 atom stereocenters. The van der Waals surface area contributed by atoms with Crippen molar-refractivity contribution in [3.8, 4) is 0 Å². The van der Waals surface area contributed by atoms with Gasteiger partial charge in [0.05, 0.1) is 0 Å². The molecule has 0 radical (unpaired) electrons. The minimum atomic E-state index is -3.41. The molecule has 2 rings (SSSR count). The quantitative estimate of drug-likeness (QED) is 0.856. The molecule has 1 aliphatic rings. The second-order valence-electron chi connectivity index (χ2n) is 5.99. The van der Waals surface area contributed by atoms with Crippen LogP contribution in [0.25, 0.3) is 0 Å². The third-order valence-corrected chi connectivity index (χ3v) is 6.15. The minimum absolute atomic E-state index is 0.204. The van der Waals surface area contributed by atoms with Gasteiger partial charge in [-0.25, -0.2) is 17.7 Å². The van der Waals surface area contributed by atoms with Crippen LogP contribution in [-0.4, -0.2) is 62.9 Å². The van der Waals surface area contributed by atoms with E-state index in [9.17, 15) is 8.42 Å². The average molecular weight is 312 g/mol. The first-order valence-electron chi connectivity index (χ1n) is 7.08. The first kappa shape index (κ1) is 16.2. The molecule has 0 aliphatic heterocycles. The van der Waals surface area contributed by atoms with Gasteiger partial charge in [-0.2, -0.15) is 0 Å². The topological polar surface area (TPSA) is 65.5 Å². The number of anilines is 1. The van der Waals surface area contributed by atoms with Crippen LogP contribution in [-0.2, 0) is 10.0 Å². The Kier molecular flexibility index (Phi) is 4.55. The minimum Gasteiger partial charge on any atom is -0.368 e. The molecule has 0 unspecified atom stereocenters. The maximum absolute atomic E-state index is 12.0. The van der Waals surface area contributed by atoms with Gasteiger partial charge in [-0.1, -0.05) is 0 Å². The zero-order valence-electron chi connectivity index (χ0n) is 13.1. The second-order valence-corrected chi connectivity index (χ2v) is 8.14. The molecule has 0 saturated heterocycles. The third-order valence-electron chi connectivity index (χ3n) is 4.35. The lowest BCUT2D eigenvalue weighted by Gasteiger charge is -2.47. The van der Waals surface area contributed by atoms with Crippen molar-refractivity contribution < 1.29 is 8.42 Å². The molecule has 1 saturated carbocycles. The fourth-order valence-corrected chi connectivity index (χ4v) is 3.32. The van der Waals surface area contributed by atoms with E-state index in [0.717, 1.165) is 6.54 Å². The first-order chi connectivity index (χ1) is 9.78. The lowest BCUT2D eigenvalue weighted by molar-refractivity contribution is 0.0738. The van der Waals surface area contributed by atoms with Crippen LogP contribution >= 0.6 is 0 Å². The van der Waals surface area contributed by atoms with E-state index in [1.165, 1.54) is 43.9 Å². The Bertz CT molecular complexity index is 577. The highest BCUT2D eigenvalue weighted by Gasteiger charge is 2.38. The maximum atomic E-state index is 12.0. The van der Waals surface area contributed by atoms with Crippen LogP contribution in [0.5, 0.6) is 0 Å². The van der Waals surface area contributed by atoms with E-state index in [4.69, 9.17) is 0 Å². The van der Waals surface area contributed by atoms with Crippen molar-refractivity contribution in [3.05, 3.63) is 18.3 Å². The third kappa shape index (κ3) is 3.20. The number of aromatic nitrogens is 1. The largest absolute Gasteiger partial charge is 0.368 e. The molecule has 1 aromatic heterocycles. The summed E-state index contributed by atoms with van der Waals surface area (Å²) in [6.45, 7) is 0.826. The van der Waals surface area contributed by atoms with Crippen LogP contribution in [0, 0.1) is 0 Å². The first-order valence-corrected chi connectivity index (χ1v) is 8.52. The Morgan fingerprint density at radius 3 is 2.29 bits per heavy atom. The summed E-state index contributed by atoms with van der Waals surface area (Å²) in [6, 6.07) is 3.31. The van der Waals surface area contributed by atoms with Crippen molar-refractivity contribution in [3.63, 3.8) is 0 Å². The molecular formula is C14H24N4O2S. The molecule has 1 fully saturated rings. The van der Waals surface area contributed by atoms with Gasteiger partial charge < -0.3 is 10.2 Å². The van der Waals surface area contributed by atoms with E-state index < -0.39 is 10.0 Å². The summed E-state index contributed by atoms with van der Waals surface area (Å²) in [5.74, 6) is 0.709. The summed E-state index contributed by atoms with van der Waals surface area (Å²) in [5, 5.41) is 3.32. The molecule has 7 heteroatoms. The summed E-state index contributed by atoms with van der Waals surface area (Å²) in [4.78, 5) is 6.68. The van der Waals surface area contributed by atoms with E-state index in [1.54, 1.807) is 12.1 Å². The zero-order chi connectivity index (χ0) is 15.7. The van der Waals surface area contributed by atoms with Crippen LogP contribution in [0.3, 0.4) is 0 Å². The van der Waals surface area contributed by atoms with Crippen molar-refractivity contribution in [2.45, 2.75) is 29.7 Å². The van der Waals surface area contributed by atoms with Crippen molar-refractivity contribution >= 4 is 15.8 Å². The van der Waals surface area contributed by atoms with Crippen LogP contribution in [0.4, 0.5) is 5.82 Å². The van der Waals surface area contributed by atoms with Gasteiger partial charge in [0.25, 0.3) is 0 Å². The van der Waals surface area contributed by atoms with Crippen molar-refractivity contribution in [2.24, 2.45) is 0 Å². The number of hydrogen-bond donors (Lipinski definition) is 1. The molecular weight excluding hydrogens is 288 g/mol. The summed E-state index contributed by atoms with van der Waals surface area (Å²) in [5.41, 5.74) is 0.204. The molecule has 0 spiro atoms. The number of nitrogens with one attached hydrogen (secondary N) is 1. The molecule has 0 aromatic carbocycles. The van der Waals surface area contributed by atoms with E-state index >= 15 is 0 Å². The van der Waals surface area contributed by atoms with Gasteiger partial charge in [-0.05, 0) is 45.5 Å². The smallest absolute Gasteiger partial charge is 0.244 e. The molecule has 0 amide bonds. The number of likely N-dealkylation sites (N-methyl/N-ethyl adjacent to an activating group) is 1. The Morgan fingerprint density at radius 1 is 1.24 bits per heavy atom. The number of rotatable bonds is 6. The van der Waals surface area contributed by atoms with Gasteiger partial charge in [0.1, 0.15) is 10.7 Å². The molecule has 6 nitrogen and oxygen atoms in total. The normalized spacial score (nSPS) is 17.8. The van der Waals surface area contributed by atoms with Crippen LogP contribution in [0.15, 0.2) is 23.2 Å². The summed E-state index contributed by atoms with van der Waals surface area (Å²) in [6.07, 6.45) is 5.02. The molecule has 1 aromatic rings. The molecule has 21 heavy (non-hydrogen) atoms. The van der Waals surface area contributed by atoms with E-state index in [1.807, 2.05) is 0 Å². The molecule has 0 bridgehead atoms. The highest BCUT2D eigenvalue weighted by molar-refractivity contribution is 7.89. The van der Waals surface area contributed by atoms with Gasteiger partial charge >= 0.3 is 0 Å². The lowest BCUT2D eigenvalue weighted by atomic mass is 9.75. The van der Waals surface area contributed by atoms with Gasteiger partial charge in [-0.3, -0.25) is 0 Å². The fraction of sp³-hybridized carbons (Fsp3) is 0.643. The van der Waals surface area contributed by atoms with Gasteiger partial charge in [0, 0.05) is 32.4 Å². The standard InChI is InChI=1S/C14H24N4O2S/c1-17(2)14(8-5-9-14)11-16-13-7-6-12(10-15-13)21(19,20)18(3)4/h6-7,10H,5,8-9,11H2,1-4H3,(H,15,16). The zero-order valence-corrected chi connectivity index (χ0v) is 13.9. The predicted molar refractivity (Wildman–Crippen MR) is 83.9 cm³/mol. The SMILES string of the molecule is CN(C)C1(CNc2ccc(S(=O)(=O)N(C)C)cn2)CCC1.